The van der Waals surface area contributed by atoms with Crippen LogP contribution in [-0.4, -0.2) is 23.9 Å². The van der Waals surface area contributed by atoms with Crippen LogP contribution < -0.4 is 10.1 Å². The van der Waals surface area contributed by atoms with E-state index in [1.54, 1.807) is 12.1 Å². The summed E-state index contributed by atoms with van der Waals surface area (Å²) in [6.45, 7) is 2.20. The maximum atomic E-state index is 13.0. The van der Waals surface area contributed by atoms with E-state index in [9.17, 15) is 4.39 Å². The number of benzene rings is 2. The highest BCUT2D eigenvalue weighted by atomic mass is 19.1. The van der Waals surface area contributed by atoms with E-state index in [-0.39, 0.29) is 11.4 Å². The molecule has 0 unspecified atom stereocenters. The number of ether oxygens (including phenoxy) is 2. The van der Waals surface area contributed by atoms with E-state index in [2.05, 4.69) is 10.5 Å². The Kier molecular flexibility index (Phi) is 5.18. The maximum absolute atomic E-state index is 13.0. The van der Waals surface area contributed by atoms with E-state index in [4.69, 9.17) is 14.0 Å². The summed E-state index contributed by atoms with van der Waals surface area (Å²) in [6.07, 6.45) is 0.697. The van der Waals surface area contributed by atoms with Crippen LogP contribution in [0.15, 0.2) is 65.2 Å². The SMILES string of the molecule is Fc1ccc(CNC2(Cc3cc(COc4ccccc4)on3)COC2)cc1. The molecule has 4 rings (SSSR count). The number of nitrogens with zero attached hydrogens (tertiary/aromatic N) is 1. The van der Waals surface area contributed by atoms with Gasteiger partial charge in [0.2, 0.25) is 0 Å². The van der Waals surface area contributed by atoms with E-state index in [0.717, 1.165) is 17.0 Å². The Labute approximate surface area is 157 Å². The van der Waals surface area contributed by atoms with Crippen LogP contribution in [0.2, 0.25) is 0 Å². The Morgan fingerprint density at radius 1 is 1.07 bits per heavy atom. The number of rotatable bonds is 8. The maximum Gasteiger partial charge on any atom is 0.174 e. The van der Waals surface area contributed by atoms with Crippen LogP contribution in [0, 0.1) is 5.82 Å². The van der Waals surface area contributed by atoms with Gasteiger partial charge in [-0.2, -0.15) is 0 Å². The first-order chi connectivity index (χ1) is 13.2. The highest BCUT2D eigenvalue weighted by Gasteiger charge is 2.39. The minimum Gasteiger partial charge on any atom is -0.486 e. The average Bonchev–Trinajstić information content (AvgIpc) is 3.11. The summed E-state index contributed by atoms with van der Waals surface area (Å²) in [6, 6.07) is 18.0. The summed E-state index contributed by atoms with van der Waals surface area (Å²) >= 11 is 0. The molecule has 0 radical (unpaired) electrons. The quantitative estimate of drug-likeness (QED) is 0.660. The van der Waals surface area contributed by atoms with Gasteiger partial charge in [0.25, 0.3) is 0 Å². The van der Waals surface area contributed by atoms with Crippen molar-refractivity contribution in [2.24, 2.45) is 0 Å². The van der Waals surface area contributed by atoms with Crippen molar-refractivity contribution < 1.29 is 18.4 Å². The van der Waals surface area contributed by atoms with Gasteiger partial charge in [-0.3, -0.25) is 0 Å². The Balaban J connectivity index is 1.33. The number of nitrogens with one attached hydrogen (secondary N) is 1. The van der Waals surface area contributed by atoms with Gasteiger partial charge in [0.1, 0.15) is 18.2 Å². The molecule has 27 heavy (non-hydrogen) atoms. The second-order valence-corrected chi connectivity index (χ2v) is 6.82. The molecule has 0 spiro atoms. The summed E-state index contributed by atoms with van der Waals surface area (Å²) in [5.41, 5.74) is 1.71. The Hall–Kier alpha value is -2.70. The smallest absolute Gasteiger partial charge is 0.174 e. The van der Waals surface area contributed by atoms with Crippen molar-refractivity contribution in [1.82, 2.24) is 10.5 Å². The molecule has 0 aliphatic carbocycles. The number of para-hydroxylation sites is 1. The molecular formula is C21H21FN2O3. The van der Waals surface area contributed by atoms with Gasteiger partial charge in [0.05, 0.1) is 24.4 Å². The van der Waals surface area contributed by atoms with Crippen LogP contribution in [0.3, 0.4) is 0 Å². The number of hydrogen-bond donors (Lipinski definition) is 1. The molecule has 0 amide bonds. The molecule has 1 fully saturated rings. The zero-order chi connectivity index (χ0) is 18.5. The van der Waals surface area contributed by atoms with E-state index >= 15 is 0 Å². The van der Waals surface area contributed by atoms with Gasteiger partial charge in [-0.05, 0) is 29.8 Å². The Morgan fingerprint density at radius 3 is 2.56 bits per heavy atom. The molecule has 1 aliphatic rings. The Morgan fingerprint density at radius 2 is 1.85 bits per heavy atom. The van der Waals surface area contributed by atoms with Gasteiger partial charge in [0, 0.05) is 19.0 Å². The molecule has 1 N–H and O–H groups in total. The fraction of sp³-hybridized carbons (Fsp3) is 0.286. The lowest BCUT2D eigenvalue weighted by atomic mass is 9.91. The first-order valence-electron chi connectivity index (χ1n) is 8.90. The first kappa shape index (κ1) is 17.7. The van der Waals surface area contributed by atoms with Crippen molar-refractivity contribution in [3.05, 3.63) is 83.5 Å². The van der Waals surface area contributed by atoms with Gasteiger partial charge in [0.15, 0.2) is 5.76 Å². The molecule has 1 saturated heterocycles. The lowest BCUT2D eigenvalue weighted by molar-refractivity contribution is -0.0755. The topological polar surface area (TPSA) is 56.5 Å². The molecular weight excluding hydrogens is 347 g/mol. The van der Waals surface area contributed by atoms with Crippen molar-refractivity contribution in [1.29, 1.82) is 0 Å². The van der Waals surface area contributed by atoms with Gasteiger partial charge in [-0.15, -0.1) is 0 Å². The monoisotopic (exact) mass is 368 g/mol. The van der Waals surface area contributed by atoms with E-state index in [1.807, 2.05) is 36.4 Å². The largest absolute Gasteiger partial charge is 0.486 e. The average molecular weight is 368 g/mol. The predicted octanol–water partition coefficient (Wildman–Crippen LogP) is 3.49. The lowest BCUT2D eigenvalue weighted by Gasteiger charge is -2.42. The highest BCUT2D eigenvalue weighted by Crippen LogP contribution is 2.23. The van der Waals surface area contributed by atoms with Crippen LogP contribution in [0.25, 0.3) is 0 Å². The molecule has 2 heterocycles. The molecule has 0 atom stereocenters. The van der Waals surface area contributed by atoms with Crippen LogP contribution in [0.5, 0.6) is 5.75 Å². The summed E-state index contributed by atoms with van der Waals surface area (Å²) in [7, 11) is 0. The normalized spacial score (nSPS) is 15.3. The molecule has 3 aromatic rings. The summed E-state index contributed by atoms with van der Waals surface area (Å²) < 4.78 is 29.5. The van der Waals surface area contributed by atoms with Gasteiger partial charge in [-0.1, -0.05) is 35.5 Å². The van der Waals surface area contributed by atoms with E-state index in [0.29, 0.717) is 38.5 Å². The fourth-order valence-electron chi connectivity index (χ4n) is 3.03. The van der Waals surface area contributed by atoms with Crippen LogP contribution in [0.1, 0.15) is 17.0 Å². The Bertz CT molecular complexity index is 861. The minimum absolute atomic E-state index is 0.178. The van der Waals surface area contributed by atoms with Crippen LogP contribution in [-0.2, 0) is 24.3 Å². The van der Waals surface area contributed by atoms with E-state index < -0.39 is 0 Å². The first-order valence-corrected chi connectivity index (χ1v) is 8.90. The molecule has 0 saturated carbocycles. The zero-order valence-electron chi connectivity index (χ0n) is 14.9. The molecule has 1 aromatic heterocycles. The van der Waals surface area contributed by atoms with Gasteiger partial charge < -0.3 is 19.3 Å². The molecule has 6 heteroatoms. The summed E-state index contributed by atoms with van der Waals surface area (Å²) in [5.74, 6) is 1.25. The number of halogens is 1. The fourth-order valence-corrected chi connectivity index (χ4v) is 3.03. The number of aromatic nitrogens is 1. The second kappa shape index (κ2) is 7.90. The second-order valence-electron chi connectivity index (χ2n) is 6.82. The van der Waals surface area contributed by atoms with Crippen molar-refractivity contribution in [3.8, 4) is 5.75 Å². The van der Waals surface area contributed by atoms with E-state index in [1.165, 1.54) is 12.1 Å². The molecule has 5 nitrogen and oxygen atoms in total. The highest BCUT2D eigenvalue weighted by molar-refractivity contribution is 5.21. The van der Waals surface area contributed by atoms with Crippen LogP contribution in [0.4, 0.5) is 4.39 Å². The third-order valence-electron chi connectivity index (χ3n) is 4.59. The van der Waals surface area contributed by atoms with Crippen molar-refractivity contribution >= 4 is 0 Å². The predicted molar refractivity (Wildman–Crippen MR) is 97.8 cm³/mol. The molecule has 140 valence electrons. The van der Waals surface area contributed by atoms with Crippen LogP contribution >= 0.6 is 0 Å². The van der Waals surface area contributed by atoms with Crippen molar-refractivity contribution in [2.75, 3.05) is 13.2 Å². The third-order valence-corrected chi connectivity index (χ3v) is 4.59. The number of hydrogen-bond acceptors (Lipinski definition) is 5. The molecule has 0 bridgehead atoms. The summed E-state index contributed by atoms with van der Waals surface area (Å²) in [4.78, 5) is 0. The van der Waals surface area contributed by atoms with Gasteiger partial charge in [-0.25, -0.2) is 4.39 Å². The molecule has 1 aliphatic heterocycles. The summed E-state index contributed by atoms with van der Waals surface area (Å²) in [5, 5.41) is 7.69. The third kappa shape index (κ3) is 4.53. The van der Waals surface area contributed by atoms with Gasteiger partial charge >= 0.3 is 0 Å². The lowest BCUT2D eigenvalue weighted by Crippen LogP contribution is -2.61. The minimum atomic E-state index is -0.228. The van der Waals surface area contributed by atoms with Crippen molar-refractivity contribution in [2.45, 2.75) is 25.1 Å². The van der Waals surface area contributed by atoms with Crippen molar-refractivity contribution in [3.63, 3.8) is 0 Å². The molecule has 2 aromatic carbocycles. The zero-order valence-corrected chi connectivity index (χ0v) is 14.9. The standard InChI is InChI=1S/C21H21FN2O3/c22-17-8-6-16(7-9-17)12-23-21(14-25-15-21)11-18-10-20(27-24-18)13-26-19-4-2-1-3-5-19/h1-10,23H,11-15H2.